The van der Waals surface area contributed by atoms with Gasteiger partial charge in [-0.1, -0.05) is 23.4 Å². The molecular formula is C23H24FN3O2. The fourth-order valence-corrected chi connectivity index (χ4v) is 3.71. The van der Waals surface area contributed by atoms with Crippen molar-refractivity contribution in [2.24, 2.45) is 0 Å². The normalized spacial score (nSPS) is 14.3. The van der Waals surface area contributed by atoms with Crippen molar-refractivity contribution in [2.45, 2.75) is 51.5 Å². The number of nitrogens with zero attached hydrogens (tertiary/aromatic N) is 2. The van der Waals surface area contributed by atoms with E-state index in [0.29, 0.717) is 23.7 Å². The molecule has 0 saturated heterocycles. The third-order valence-corrected chi connectivity index (χ3v) is 5.39. The van der Waals surface area contributed by atoms with Crippen LogP contribution in [-0.4, -0.2) is 16.0 Å². The van der Waals surface area contributed by atoms with Crippen LogP contribution in [-0.2, 0) is 24.1 Å². The van der Waals surface area contributed by atoms with Gasteiger partial charge in [-0.25, -0.2) is 4.39 Å². The van der Waals surface area contributed by atoms with Crippen molar-refractivity contribution >= 4 is 5.91 Å². The minimum Gasteiger partial charge on any atom is -0.350 e. The average molecular weight is 393 g/mol. The lowest BCUT2D eigenvalue weighted by atomic mass is 9.89. The maximum absolute atomic E-state index is 13.0. The molecule has 5 nitrogen and oxygen atoms in total. The number of benzene rings is 2. The molecule has 6 heteroatoms. The van der Waals surface area contributed by atoms with E-state index >= 15 is 0 Å². The largest absolute Gasteiger partial charge is 0.350 e. The number of halogens is 1. The number of carbonyl (C=O) groups is 1. The molecule has 1 heterocycles. The Morgan fingerprint density at radius 1 is 1.14 bits per heavy atom. The first-order valence-corrected chi connectivity index (χ1v) is 10.1. The summed E-state index contributed by atoms with van der Waals surface area (Å²) in [6, 6.07) is 12.4. The topological polar surface area (TPSA) is 68.0 Å². The van der Waals surface area contributed by atoms with Crippen molar-refractivity contribution in [3.8, 4) is 11.4 Å². The average Bonchev–Trinajstić information content (AvgIpc) is 3.21. The number of rotatable bonds is 6. The van der Waals surface area contributed by atoms with Gasteiger partial charge < -0.3 is 9.84 Å². The molecule has 4 rings (SSSR count). The Kier molecular flexibility index (Phi) is 5.69. The summed E-state index contributed by atoms with van der Waals surface area (Å²) < 4.78 is 18.2. The molecule has 1 aliphatic rings. The first kappa shape index (κ1) is 19.3. The number of aromatic nitrogens is 2. The molecule has 1 N–H and O–H groups in total. The maximum atomic E-state index is 13.0. The molecule has 0 aliphatic heterocycles. The van der Waals surface area contributed by atoms with Gasteiger partial charge in [-0.2, -0.15) is 4.98 Å². The van der Waals surface area contributed by atoms with Gasteiger partial charge in [0.25, 0.3) is 0 Å². The summed E-state index contributed by atoms with van der Waals surface area (Å²) >= 11 is 0. The molecule has 0 spiro atoms. The van der Waals surface area contributed by atoms with Gasteiger partial charge in [-0.3, -0.25) is 4.79 Å². The van der Waals surface area contributed by atoms with Crippen LogP contribution in [0.2, 0.25) is 0 Å². The van der Waals surface area contributed by atoms with Gasteiger partial charge in [-0.05, 0) is 73.6 Å². The van der Waals surface area contributed by atoms with Crippen molar-refractivity contribution in [3.63, 3.8) is 0 Å². The van der Waals surface area contributed by atoms with E-state index in [1.807, 2.05) is 6.92 Å². The van der Waals surface area contributed by atoms with Crippen molar-refractivity contribution in [1.82, 2.24) is 15.5 Å². The van der Waals surface area contributed by atoms with E-state index in [-0.39, 0.29) is 24.2 Å². The van der Waals surface area contributed by atoms with E-state index in [4.69, 9.17) is 4.52 Å². The molecule has 1 aliphatic carbocycles. The van der Waals surface area contributed by atoms with Crippen LogP contribution >= 0.6 is 0 Å². The lowest BCUT2D eigenvalue weighted by Gasteiger charge is -2.20. The zero-order valence-electron chi connectivity index (χ0n) is 16.5. The summed E-state index contributed by atoms with van der Waals surface area (Å²) in [5.41, 5.74) is 4.66. The summed E-state index contributed by atoms with van der Waals surface area (Å²) in [7, 11) is 0. The highest BCUT2D eigenvalue weighted by molar-refractivity contribution is 5.76. The van der Waals surface area contributed by atoms with Gasteiger partial charge in [0.15, 0.2) is 0 Å². The minimum atomic E-state index is -0.317. The molecule has 2 aromatic carbocycles. The van der Waals surface area contributed by atoms with E-state index in [9.17, 15) is 9.18 Å². The minimum absolute atomic E-state index is 0.0489. The molecule has 0 radical (unpaired) electrons. The number of amides is 1. The highest BCUT2D eigenvalue weighted by Crippen LogP contribution is 2.25. The van der Waals surface area contributed by atoms with Crippen molar-refractivity contribution < 1.29 is 13.7 Å². The first-order chi connectivity index (χ1) is 14.1. The predicted octanol–water partition coefficient (Wildman–Crippen LogP) is 4.56. The number of hydrogen-bond acceptors (Lipinski definition) is 4. The fourth-order valence-electron chi connectivity index (χ4n) is 3.71. The summed E-state index contributed by atoms with van der Waals surface area (Å²) in [4.78, 5) is 16.6. The summed E-state index contributed by atoms with van der Waals surface area (Å²) in [6.45, 7) is 2.00. The Morgan fingerprint density at radius 2 is 1.90 bits per heavy atom. The lowest BCUT2D eigenvalue weighted by Crippen LogP contribution is -2.27. The standard InChI is InChI=1S/C23H24FN3O2/c1-15(18-7-6-16-4-2-3-5-19(16)14-18)25-21(28)12-13-22-26-23(27-29-22)17-8-10-20(24)11-9-17/h6-11,14-15H,2-5,12-13H2,1H3,(H,25,28)/t15-/m0/s1. The number of nitrogens with one attached hydrogen (secondary N) is 1. The highest BCUT2D eigenvalue weighted by Gasteiger charge is 2.15. The first-order valence-electron chi connectivity index (χ1n) is 10.1. The van der Waals surface area contributed by atoms with Gasteiger partial charge in [0.2, 0.25) is 17.6 Å². The van der Waals surface area contributed by atoms with Gasteiger partial charge in [-0.15, -0.1) is 0 Å². The molecule has 1 amide bonds. The Bertz CT molecular complexity index is 998. The number of aryl methyl sites for hydroxylation is 3. The molecule has 29 heavy (non-hydrogen) atoms. The van der Waals surface area contributed by atoms with Crippen molar-refractivity contribution in [3.05, 3.63) is 70.9 Å². The van der Waals surface area contributed by atoms with E-state index in [0.717, 1.165) is 18.4 Å². The van der Waals surface area contributed by atoms with Gasteiger partial charge >= 0.3 is 0 Å². The van der Waals surface area contributed by atoms with Crippen LogP contribution in [0, 0.1) is 5.82 Å². The summed E-state index contributed by atoms with van der Waals surface area (Å²) in [5, 5.41) is 6.95. The Hall–Kier alpha value is -3.02. The molecule has 0 unspecified atom stereocenters. The van der Waals surface area contributed by atoms with Crippen LogP contribution in [0.5, 0.6) is 0 Å². The van der Waals surface area contributed by atoms with Crippen molar-refractivity contribution in [1.29, 1.82) is 0 Å². The van der Waals surface area contributed by atoms with Crippen molar-refractivity contribution in [2.75, 3.05) is 0 Å². The Labute approximate surface area is 169 Å². The van der Waals surface area contributed by atoms with E-state index in [1.54, 1.807) is 12.1 Å². The monoisotopic (exact) mass is 393 g/mol. The highest BCUT2D eigenvalue weighted by atomic mass is 19.1. The van der Waals surface area contributed by atoms with Crippen LogP contribution in [0.25, 0.3) is 11.4 Å². The van der Waals surface area contributed by atoms with Crippen LogP contribution < -0.4 is 5.32 Å². The third kappa shape index (κ3) is 4.70. The van der Waals surface area contributed by atoms with E-state index < -0.39 is 0 Å². The predicted molar refractivity (Wildman–Crippen MR) is 108 cm³/mol. The zero-order chi connectivity index (χ0) is 20.2. The molecule has 150 valence electrons. The SMILES string of the molecule is C[C@H](NC(=O)CCc1nc(-c2ccc(F)cc2)no1)c1ccc2c(c1)CCCC2. The van der Waals surface area contributed by atoms with Gasteiger partial charge in [0.1, 0.15) is 5.82 Å². The molecular weight excluding hydrogens is 369 g/mol. The maximum Gasteiger partial charge on any atom is 0.227 e. The molecule has 0 fully saturated rings. The molecule has 1 aromatic heterocycles. The Morgan fingerprint density at radius 3 is 2.69 bits per heavy atom. The molecule has 3 aromatic rings. The lowest BCUT2D eigenvalue weighted by molar-refractivity contribution is -0.121. The zero-order valence-corrected chi connectivity index (χ0v) is 16.5. The second kappa shape index (κ2) is 8.55. The molecule has 0 saturated carbocycles. The fraction of sp³-hybridized carbons (Fsp3) is 0.348. The number of fused-ring (bicyclic) bond motifs is 1. The second-order valence-electron chi connectivity index (χ2n) is 7.54. The second-order valence-corrected chi connectivity index (χ2v) is 7.54. The molecule has 0 bridgehead atoms. The van der Waals surface area contributed by atoms with Gasteiger partial charge in [0.05, 0.1) is 6.04 Å². The summed E-state index contributed by atoms with van der Waals surface area (Å²) in [5.74, 6) is 0.405. The Balaban J connectivity index is 1.31. The smallest absolute Gasteiger partial charge is 0.227 e. The quantitative estimate of drug-likeness (QED) is 0.666. The van der Waals surface area contributed by atoms with Gasteiger partial charge in [0, 0.05) is 18.4 Å². The summed E-state index contributed by atoms with van der Waals surface area (Å²) in [6.07, 6.45) is 5.40. The van der Waals surface area contributed by atoms with Crippen LogP contribution in [0.1, 0.15) is 54.8 Å². The number of hydrogen-bond donors (Lipinski definition) is 1. The number of carbonyl (C=O) groups excluding carboxylic acids is 1. The molecule has 1 atom stereocenters. The third-order valence-electron chi connectivity index (χ3n) is 5.39. The van der Waals surface area contributed by atoms with E-state index in [1.165, 1.54) is 36.1 Å². The van der Waals surface area contributed by atoms with Crippen LogP contribution in [0.15, 0.2) is 47.0 Å². The van der Waals surface area contributed by atoms with Crippen LogP contribution in [0.4, 0.5) is 4.39 Å². The van der Waals surface area contributed by atoms with Crippen LogP contribution in [0.3, 0.4) is 0 Å². The van der Waals surface area contributed by atoms with E-state index in [2.05, 4.69) is 33.7 Å².